The molecule has 0 amide bonds. The highest BCUT2D eigenvalue weighted by atomic mass is 79.9. The molecule has 1 aromatic carbocycles. The van der Waals surface area contributed by atoms with Crippen LogP contribution in [0.25, 0.3) is 0 Å². The van der Waals surface area contributed by atoms with Crippen LogP contribution in [0.5, 0.6) is 0 Å². The first-order chi connectivity index (χ1) is 10.6. The van der Waals surface area contributed by atoms with Gasteiger partial charge in [-0.25, -0.2) is 5.01 Å². The molecule has 0 aromatic heterocycles. The first kappa shape index (κ1) is 17.7. The van der Waals surface area contributed by atoms with Gasteiger partial charge in [0.15, 0.2) is 0 Å². The molecule has 0 saturated carbocycles. The van der Waals surface area contributed by atoms with E-state index < -0.39 is 10.0 Å². The molecule has 23 heavy (non-hydrogen) atoms. The normalized spacial score (nSPS) is 17.6. The third kappa shape index (κ3) is 4.23. The molecule has 1 heterocycles. The maximum Gasteiger partial charge on any atom is 0.285 e. The average molecular weight is 402 g/mol. The Morgan fingerprint density at radius 3 is 2.74 bits per heavy atom. The van der Waals surface area contributed by atoms with Gasteiger partial charge in [0.1, 0.15) is 0 Å². The SMILES string of the molecule is CCN/C(=N\S(=O)(=O)c1ccc(N)c(Br)c1)N1CC(C)(C)C=N1. The lowest BCUT2D eigenvalue weighted by molar-refractivity contribution is 0.376. The lowest BCUT2D eigenvalue weighted by atomic mass is 9.97. The van der Waals surface area contributed by atoms with E-state index in [1.165, 1.54) is 18.2 Å². The first-order valence-corrected chi connectivity index (χ1v) is 9.34. The van der Waals surface area contributed by atoms with Crippen molar-refractivity contribution in [2.24, 2.45) is 14.9 Å². The molecule has 0 unspecified atom stereocenters. The molecule has 0 radical (unpaired) electrons. The molecule has 126 valence electrons. The number of nitrogen functional groups attached to an aromatic ring is 1. The lowest BCUT2D eigenvalue weighted by Crippen LogP contribution is -2.39. The van der Waals surface area contributed by atoms with E-state index in [1.807, 2.05) is 20.8 Å². The van der Waals surface area contributed by atoms with Crippen LogP contribution in [0.2, 0.25) is 0 Å². The molecule has 0 fully saturated rings. The molecule has 1 aliphatic rings. The van der Waals surface area contributed by atoms with Crippen molar-refractivity contribution in [2.45, 2.75) is 25.7 Å². The van der Waals surface area contributed by atoms with Gasteiger partial charge in [-0.1, -0.05) is 13.8 Å². The maximum absolute atomic E-state index is 12.5. The highest BCUT2D eigenvalue weighted by Crippen LogP contribution is 2.25. The van der Waals surface area contributed by atoms with Crippen LogP contribution in [0.3, 0.4) is 0 Å². The van der Waals surface area contributed by atoms with E-state index in [0.29, 0.717) is 23.2 Å². The molecule has 7 nitrogen and oxygen atoms in total. The fourth-order valence-electron chi connectivity index (χ4n) is 1.99. The van der Waals surface area contributed by atoms with Gasteiger partial charge in [-0.2, -0.15) is 13.5 Å². The summed E-state index contributed by atoms with van der Waals surface area (Å²) in [6.07, 6.45) is 1.78. The maximum atomic E-state index is 12.5. The number of nitrogens with zero attached hydrogens (tertiary/aromatic N) is 3. The van der Waals surface area contributed by atoms with Crippen molar-refractivity contribution >= 4 is 43.8 Å². The van der Waals surface area contributed by atoms with E-state index in [0.717, 1.165) is 0 Å². The number of guanidine groups is 1. The number of anilines is 1. The van der Waals surface area contributed by atoms with Gasteiger partial charge in [-0.3, -0.25) is 0 Å². The Morgan fingerprint density at radius 1 is 1.52 bits per heavy atom. The zero-order valence-electron chi connectivity index (χ0n) is 13.2. The van der Waals surface area contributed by atoms with Crippen molar-refractivity contribution in [3.8, 4) is 0 Å². The van der Waals surface area contributed by atoms with Crippen molar-refractivity contribution < 1.29 is 8.42 Å². The van der Waals surface area contributed by atoms with Crippen molar-refractivity contribution in [3.63, 3.8) is 0 Å². The number of hydrogen-bond donors (Lipinski definition) is 2. The van der Waals surface area contributed by atoms with Crippen molar-refractivity contribution in [2.75, 3.05) is 18.8 Å². The Morgan fingerprint density at radius 2 is 2.22 bits per heavy atom. The van der Waals surface area contributed by atoms with Gasteiger partial charge < -0.3 is 11.1 Å². The predicted octanol–water partition coefficient (Wildman–Crippen LogP) is 2.01. The van der Waals surface area contributed by atoms with Crippen molar-refractivity contribution in [1.82, 2.24) is 10.3 Å². The van der Waals surface area contributed by atoms with Gasteiger partial charge in [0.05, 0.1) is 11.4 Å². The summed E-state index contributed by atoms with van der Waals surface area (Å²) in [5, 5.41) is 8.76. The van der Waals surface area contributed by atoms with Crippen LogP contribution in [-0.2, 0) is 10.0 Å². The van der Waals surface area contributed by atoms with Crippen molar-refractivity contribution in [3.05, 3.63) is 22.7 Å². The number of hydrazone groups is 1. The Labute approximate surface area is 144 Å². The highest BCUT2D eigenvalue weighted by molar-refractivity contribution is 9.10. The van der Waals surface area contributed by atoms with Gasteiger partial charge in [-0.05, 0) is 41.1 Å². The Kier molecular flexibility index (Phi) is 5.00. The minimum Gasteiger partial charge on any atom is -0.398 e. The Bertz CT molecular complexity index is 758. The van der Waals surface area contributed by atoms with E-state index in [1.54, 1.807) is 11.2 Å². The summed E-state index contributed by atoms with van der Waals surface area (Å²) in [7, 11) is -3.87. The van der Waals surface area contributed by atoms with Crippen LogP contribution in [0.4, 0.5) is 5.69 Å². The molecule has 0 saturated heterocycles. The first-order valence-electron chi connectivity index (χ1n) is 7.11. The number of nitrogens with two attached hydrogens (primary N) is 1. The summed E-state index contributed by atoms with van der Waals surface area (Å²) < 4.78 is 29.5. The quantitative estimate of drug-likeness (QED) is 0.458. The van der Waals surface area contributed by atoms with E-state index >= 15 is 0 Å². The molecule has 0 atom stereocenters. The Balaban J connectivity index is 2.37. The van der Waals surface area contributed by atoms with E-state index in [9.17, 15) is 8.42 Å². The van der Waals surface area contributed by atoms with Crippen LogP contribution in [0.15, 0.2) is 37.1 Å². The number of hydrogen-bond acceptors (Lipinski definition) is 4. The van der Waals surface area contributed by atoms with Crippen LogP contribution >= 0.6 is 15.9 Å². The largest absolute Gasteiger partial charge is 0.398 e. The molecule has 0 aliphatic carbocycles. The fourth-order valence-corrected chi connectivity index (χ4v) is 3.52. The lowest BCUT2D eigenvalue weighted by Gasteiger charge is -2.21. The highest BCUT2D eigenvalue weighted by Gasteiger charge is 2.29. The zero-order chi connectivity index (χ0) is 17.3. The number of nitrogens with one attached hydrogen (secondary N) is 1. The summed E-state index contributed by atoms with van der Waals surface area (Å²) in [6, 6.07) is 4.39. The number of rotatable bonds is 3. The third-order valence-electron chi connectivity index (χ3n) is 3.16. The molecular formula is C14H20BrN5O2S. The minimum absolute atomic E-state index is 0.0661. The van der Waals surface area contributed by atoms with Gasteiger partial charge in [0, 0.05) is 28.3 Å². The molecular weight excluding hydrogens is 382 g/mol. The fraction of sp³-hybridized carbons (Fsp3) is 0.429. The minimum atomic E-state index is -3.87. The third-order valence-corrected chi connectivity index (χ3v) is 5.11. The summed E-state index contributed by atoms with van der Waals surface area (Å²) in [5.41, 5.74) is 6.02. The van der Waals surface area contributed by atoms with E-state index in [-0.39, 0.29) is 16.3 Å². The molecule has 0 bridgehead atoms. The summed E-state index contributed by atoms with van der Waals surface area (Å²) in [6.45, 7) is 7.00. The molecule has 1 aliphatic heterocycles. The monoisotopic (exact) mass is 401 g/mol. The van der Waals surface area contributed by atoms with Gasteiger partial charge in [0.25, 0.3) is 10.0 Å². The van der Waals surface area contributed by atoms with Gasteiger partial charge >= 0.3 is 0 Å². The topological polar surface area (TPSA) is 100 Å². The van der Waals surface area contributed by atoms with Gasteiger partial charge in [0.2, 0.25) is 5.96 Å². The summed E-state index contributed by atoms with van der Waals surface area (Å²) >= 11 is 3.23. The standard InChI is InChI=1S/C14H20BrN5O2S/c1-4-17-13(20-9-14(2,3)8-18-20)19-23(21,22)10-5-6-12(16)11(15)7-10/h5-8H,4,9,16H2,1-3H3,(H,17,19). The second-order valence-corrected chi connectivity index (χ2v) is 8.35. The van der Waals surface area contributed by atoms with E-state index in [4.69, 9.17) is 5.73 Å². The molecule has 0 spiro atoms. The predicted molar refractivity (Wildman–Crippen MR) is 95.8 cm³/mol. The average Bonchev–Trinajstić information content (AvgIpc) is 2.81. The number of halogens is 1. The van der Waals surface area contributed by atoms with Crippen LogP contribution in [0.1, 0.15) is 20.8 Å². The van der Waals surface area contributed by atoms with Crippen molar-refractivity contribution in [1.29, 1.82) is 0 Å². The molecule has 3 N–H and O–H groups in total. The smallest absolute Gasteiger partial charge is 0.285 e. The summed E-state index contributed by atoms with van der Waals surface area (Å²) in [4.78, 5) is 0.0661. The molecule has 2 rings (SSSR count). The molecule has 9 heteroatoms. The van der Waals surface area contributed by atoms with E-state index in [2.05, 4.69) is 30.7 Å². The molecule has 1 aromatic rings. The number of benzene rings is 1. The second kappa shape index (κ2) is 6.48. The number of sulfonamides is 1. The second-order valence-electron chi connectivity index (χ2n) is 5.89. The Hall–Kier alpha value is -1.61. The van der Waals surface area contributed by atoms with Gasteiger partial charge in [-0.15, -0.1) is 4.40 Å². The zero-order valence-corrected chi connectivity index (χ0v) is 15.6. The van der Waals surface area contributed by atoms with Crippen LogP contribution < -0.4 is 11.1 Å². The van der Waals surface area contributed by atoms with Crippen LogP contribution in [-0.4, -0.2) is 38.7 Å². The van der Waals surface area contributed by atoms with Crippen LogP contribution in [0, 0.1) is 5.41 Å². The summed E-state index contributed by atoms with van der Waals surface area (Å²) in [5.74, 6) is 0.210.